The van der Waals surface area contributed by atoms with Crippen LogP contribution < -0.4 is 10.6 Å². The third-order valence-electron chi connectivity index (χ3n) is 3.78. The minimum Gasteiger partial charge on any atom is -0.333 e. The van der Waals surface area contributed by atoms with Crippen molar-refractivity contribution in [3.8, 4) is 0 Å². The largest absolute Gasteiger partial charge is 0.333 e. The summed E-state index contributed by atoms with van der Waals surface area (Å²) in [5, 5.41) is 10.1. The van der Waals surface area contributed by atoms with Crippen LogP contribution in [0.2, 0.25) is 0 Å². The summed E-state index contributed by atoms with van der Waals surface area (Å²) in [6.45, 7) is 4.67. The minimum absolute atomic E-state index is 0.0873. The van der Waals surface area contributed by atoms with Crippen LogP contribution in [0.4, 0.5) is 10.5 Å². The summed E-state index contributed by atoms with van der Waals surface area (Å²) in [6, 6.07) is 5.94. The van der Waals surface area contributed by atoms with Crippen LogP contribution in [0.5, 0.6) is 0 Å². The highest BCUT2D eigenvalue weighted by Gasteiger charge is 2.21. The second kappa shape index (κ2) is 5.55. The zero-order chi connectivity index (χ0) is 14.8. The van der Waals surface area contributed by atoms with Gasteiger partial charge in [-0.2, -0.15) is 5.10 Å². The van der Waals surface area contributed by atoms with Crippen molar-refractivity contribution in [1.82, 2.24) is 20.1 Å². The monoisotopic (exact) mass is 285 g/mol. The van der Waals surface area contributed by atoms with Crippen LogP contribution >= 0.6 is 0 Å². The molecule has 0 aliphatic carbocycles. The average Bonchev–Trinajstić information content (AvgIpc) is 2.90. The fourth-order valence-corrected chi connectivity index (χ4v) is 2.57. The quantitative estimate of drug-likeness (QED) is 0.887. The zero-order valence-electron chi connectivity index (χ0n) is 12.3. The Bertz CT molecular complexity index is 664. The second-order valence-corrected chi connectivity index (χ2v) is 5.51. The number of nitrogens with zero attached hydrogens (tertiary/aromatic N) is 3. The van der Waals surface area contributed by atoms with Crippen molar-refractivity contribution in [2.24, 2.45) is 0 Å². The Morgan fingerprint density at radius 1 is 1.38 bits per heavy atom. The third kappa shape index (κ3) is 3.04. The predicted molar refractivity (Wildman–Crippen MR) is 80.2 cm³/mol. The van der Waals surface area contributed by atoms with E-state index in [1.165, 1.54) is 0 Å². The van der Waals surface area contributed by atoms with Crippen LogP contribution in [0.1, 0.15) is 23.4 Å². The van der Waals surface area contributed by atoms with E-state index in [0.717, 1.165) is 35.5 Å². The number of rotatable bonds is 2. The van der Waals surface area contributed by atoms with Crippen LogP contribution in [0.3, 0.4) is 0 Å². The Kier molecular flexibility index (Phi) is 3.60. The van der Waals surface area contributed by atoms with Gasteiger partial charge in [-0.1, -0.05) is 12.1 Å². The van der Waals surface area contributed by atoms with Crippen molar-refractivity contribution >= 4 is 11.7 Å². The first kappa shape index (κ1) is 13.6. The highest BCUT2D eigenvalue weighted by atomic mass is 16.2. The number of carbonyl (C=O) groups is 1. The van der Waals surface area contributed by atoms with E-state index in [-0.39, 0.29) is 12.1 Å². The van der Waals surface area contributed by atoms with Crippen molar-refractivity contribution < 1.29 is 4.79 Å². The van der Waals surface area contributed by atoms with Gasteiger partial charge in [-0.05, 0) is 37.5 Å². The molecule has 2 amide bonds. The lowest BCUT2D eigenvalue weighted by Crippen LogP contribution is -2.43. The molecule has 21 heavy (non-hydrogen) atoms. The predicted octanol–water partition coefficient (Wildman–Crippen LogP) is 2.03. The smallest absolute Gasteiger partial charge is 0.319 e. The van der Waals surface area contributed by atoms with Gasteiger partial charge in [0.05, 0.1) is 12.6 Å². The molecule has 3 rings (SSSR count). The zero-order valence-corrected chi connectivity index (χ0v) is 12.3. The molecule has 6 heteroatoms. The normalized spacial score (nSPS) is 17.1. The molecule has 6 nitrogen and oxygen atoms in total. The molecule has 1 aromatic carbocycles. The SMILES string of the molecule is Cc1ccc(C)c(NC(=O)NC2CCc3ncnn3C2)c1. The number of urea groups is 1. The Balaban J connectivity index is 1.61. The van der Waals surface area contributed by atoms with Gasteiger partial charge in [-0.25, -0.2) is 14.5 Å². The molecule has 0 bridgehead atoms. The van der Waals surface area contributed by atoms with Crippen LogP contribution in [0.25, 0.3) is 0 Å². The molecule has 110 valence electrons. The molecule has 1 atom stereocenters. The Morgan fingerprint density at radius 3 is 3.10 bits per heavy atom. The van der Waals surface area contributed by atoms with E-state index in [9.17, 15) is 4.79 Å². The van der Waals surface area contributed by atoms with Crippen LogP contribution in [-0.2, 0) is 13.0 Å². The van der Waals surface area contributed by atoms with Gasteiger partial charge in [0.1, 0.15) is 12.2 Å². The summed E-state index contributed by atoms with van der Waals surface area (Å²) in [7, 11) is 0. The Hall–Kier alpha value is -2.37. The van der Waals surface area contributed by atoms with E-state index >= 15 is 0 Å². The molecule has 0 fully saturated rings. The maximum Gasteiger partial charge on any atom is 0.319 e. The molecule has 0 radical (unpaired) electrons. The van der Waals surface area contributed by atoms with E-state index in [1.54, 1.807) is 6.33 Å². The van der Waals surface area contributed by atoms with Gasteiger partial charge in [0.15, 0.2) is 0 Å². The van der Waals surface area contributed by atoms with E-state index in [2.05, 4.69) is 20.7 Å². The number of nitrogens with one attached hydrogen (secondary N) is 2. The Labute approximate surface area is 123 Å². The number of anilines is 1. The highest BCUT2D eigenvalue weighted by molar-refractivity contribution is 5.90. The topological polar surface area (TPSA) is 71.8 Å². The molecule has 2 heterocycles. The average molecular weight is 285 g/mol. The summed E-state index contributed by atoms with van der Waals surface area (Å²) in [5.74, 6) is 0.989. The van der Waals surface area contributed by atoms with Crippen LogP contribution in [-0.4, -0.2) is 26.8 Å². The summed E-state index contributed by atoms with van der Waals surface area (Å²) < 4.78 is 1.85. The number of amides is 2. The Morgan fingerprint density at radius 2 is 2.24 bits per heavy atom. The fourth-order valence-electron chi connectivity index (χ4n) is 2.57. The van der Waals surface area contributed by atoms with Crippen LogP contribution in [0, 0.1) is 13.8 Å². The maximum absolute atomic E-state index is 12.1. The number of benzene rings is 1. The maximum atomic E-state index is 12.1. The van der Waals surface area contributed by atoms with Crippen LogP contribution in [0.15, 0.2) is 24.5 Å². The molecule has 0 saturated heterocycles. The molecule has 2 N–H and O–H groups in total. The van der Waals surface area contributed by atoms with E-state index < -0.39 is 0 Å². The number of hydrogen-bond donors (Lipinski definition) is 2. The van der Waals surface area contributed by atoms with Gasteiger partial charge < -0.3 is 10.6 Å². The molecule has 1 aliphatic heterocycles. The molecule has 2 aromatic rings. The van der Waals surface area contributed by atoms with Crippen molar-refractivity contribution in [3.05, 3.63) is 41.5 Å². The molecule has 0 spiro atoms. The minimum atomic E-state index is -0.169. The highest BCUT2D eigenvalue weighted by Crippen LogP contribution is 2.17. The van der Waals surface area contributed by atoms with Gasteiger partial charge in [-0.3, -0.25) is 0 Å². The van der Waals surface area contributed by atoms with Gasteiger partial charge >= 0.3 is 6.03 Å². The first-order chi connectivity index (χ1) is 10.1. The number of aryl methyl sites for hydroxylation is 3. The van der Waals surface area contributed by atoms with Crippen molar-refractivity contribution in [2.45, 2.75) is 39.3 Å². The van der Waals surface area contributed by atoms with Gasteiger partial charge in [-0.15, -0.1) is 0 Å². The molecule has 1 aromatic heterocycles. The van der Waals surface area contributed by atoms with Gasteiger partial charge in [0, 0.05) is 12.1 Å². The van der Waals surface area contributed by atoms with Gasteiger partial charge in [0.25, 0.3) is 0 Å². The molecule has 1 aliphatic rings. The van der Waals surface area contributed by atoms with Crippen molar-refractivity contribution in [2.75, 3.05) is 5.32 Å². The third-order valence-corrected chi connectivity index (χ3v) is 3.78. The molecule has 0 saturated carbocycles. The first-order valence-corrected chi connectivity index (χ1v) is 7.13. The summed E-state index contributed by atoms with van der Waals surface area (Å²) in [4.78, 5) is 16.3. The number of fused-ring (bicyclic) bond motifs is 1. The lowest BCUT2D eigenvalue weighted by atomic mass is 10.1. The molecular formula is C15H19N5O. The standard InChI is InChI=1S/C15H19N5O/c1-10-3-4-11(2)13(7-10)19-15(21)18-12-5-6-14-16-9-17-20(14)8-12/h3-4,7,9,12H,5-6,8H2,1-2H3,(H2,18,19,21). The van der Waals surface area contributed by atoms with Crippen molar-refractivity contribution in [1.29, 1.82) is 0 Å². The van der Waals surface area contributed by atoms with Crippen molar-refractivity contribution in [3.63, 3.8) is 0 Å². The molecular weight excluding hydrogens is 266 g/mol. The number of hydrogen-bond acceptors (Lipinski definition) is 3. The lowest BCUT2D eigenvalue weighted by Gasteiger charge is -2.23. The summed E-state index contributed by atoms with van der Waals surface area (Å²) >= 11 is 0. The number of aromatic nitrogens is 3. The lowest BCUT2D eigenvalue weighted by molar-refractivity contribution is 0.243. The van der Waals surface area contributed by atoms with E-state index in [1.807, 2.05) is 36.7 Å². The summed E-state index contributed by atoms with van der Waals surface area (Å²) in [5.41, 5.74) is 3.03. The fraction of sp³-hybridized carbons (Fsp3) is 0.400. The summed E-state index contributed by atoms with van der Waals surface area (Å²) in [6.07, 6.45) is 3.29. The first-order valence-electron chi connectivity index (χ1n) is 7.13. The second-order valence-electron chi connectivity index (χ2n) is 5.51. The molecule has 1 unspecified atom stereocenters. The van der Waals surface area contributed by atoms with E-state index in [4.69, 9.17) is 0 Å². The van der Waals surface area contributed by atoms with Gasteiger partial charge in [0.2, 0.25) is 0 Å². The van der Waals surface area contributed by atoms with E-state index in [0.29, 0.717) is 6.54 Å². The number of carbonyl (C=O) groups excluding carboxylic acids is 1.